The highest BCUT2D eigenvalue weighted by atomic mass is 127. The Morgan fingerprint density at radius 3 is 2.25 bits per heavy atom. The molecule has 1 saturated carbocycles. The molecule has 0 aromatic heterocycles. The molecule has 3 aliphatic rings. The molecule has 3 amide bonds. The van der Waals surface area contributed by atoms with E-state index in [0.717, 1.165) is 12.0 Å². The van der Waals surface area contributed by atoms with Crippen LogP contribution in [-0.4, -0.2) is 55.3 Å². The van der Waals surface area contributed by atoms with Crippen molar-refractivity contribution in [1.29, 1.82) is 0 Å². The summed E-state index contributed by atoms with van der Waals surface area (Å²) in [6, 6.07) is 9.75. The number of fused-ring (bicyclic) bond motifs is 5. The number of benzene rings is 1. The summed E-state index contributed by atoms with van der Waals surface area (Å²) in [5, 5.41) is 9.09. The molecule has 2 aliphatic carbocycles. The van der Waals surface area contributed by atoms with Gasteiger partial charge in [-0.15, -0.1) is 24.0 Å². The first kappa shape index (κ1) is 24.2. The quantitative estimate of drug-likeness (QED) is 0.149. The first-order valence-electron chi connectivity index (χ1n) is 10.9. The van der Waals surface area contributed by atoms with Crippen molar-refractivity contribution >= 4 is 47.7 Å². The van der Waals surface area contributed by atoms with Gasteiger partial charge in [-0.25, -0.2) is 0 Å². The van der Waals surface area contributed by atoms with Crippen LogP contribution in [0, 0.1) is 23.7 Å². The maximum Gasteiger partial charge on any atom is 0.233 e. The minimum atomic E-state index is -0.158. The van der Waals surface area contributed by atoms with E-state index in [4.69, 9.17) is 0 Å². The number of nitrogens with zero attached hydrogens (tertiary/aromatic N) is 2. The van der Waals surface area contributed by atoms with Crippen molar-refractivity contribution in [3.63, 3.8) is 0 Å². The average Bonchev–Trinajstić information content (AvgIpc) is 3.47. The number of hydrogen-bond acceptors (Lipinski definition) is 4. The molecule has 1 heterocycles. The molecule has 1 saturated heterocycles. The van der Waals surface area contributed by atoms with Gasteiger partial charge in [0.05, 0.1) is 11.8 Å². The zero-order chi connectivity index (χ0) is 21.8. The van der Waals surface area contributed by atoms with Crippen molar-refractivity contribution < 1.29 is 14.4 Å². The predicted molar refractivity (Wildman–Crippen MR) is 132 cm³/mol. The van der Waals surface area contributed by atoms with Crippen LogP contribution in [0.3, 0.4) is 0 Å². The maximum atomic E-state index is 12.7. The van der Waals surface area contributed by atoms with Crippen LogP contribution in [0.5, 0.6) is 0 Å². The van der Waals surface area contributed by atoms with E-state index in [1.165, 1.54) is 4.90 Å². The fourth-order valence-electron chi connectivity index (χ4n) is 4.87. The van der Waals surface area contributed by atoms with Crippen molar-refractivity contribution in [3.8, 4) is 0 Å². The van der Waals surface area contributed by atoms with Gasteiger partial charge < -0.3 is 16.0 Å². The Kier molecular flexibility index (Phi) is 8.27. The number of halogens is 1. The Morgan fingerprint density at radius 1 is 1.00 bits per heavy atom. The molecule has 1 aliphatic heterocycles. The Balaban J connectivity index is 0.00000289. The molecule has 1 aromatic carbocycles. The van der Waals surface area contributed by atoms with Crippen molar-refractivity contribution in [2.75, 3.05) is 26.7 Å². The molecule has 0 spiro atoms. The first-order chi connectivity index (χ1) is 15.1. The van der Waals surface area contributed by atoms with E-state index in [-0.39, 0.29) is 65.4 Å². The Hall–Kier alpha value is -2.43. The minimum Gasteiger partial charge on any atom is -0.356 e. The standard InChI is InChI=1S/C23H29N5O3.HI/c1-24-23(25-10-9-18(29)27-14-15-5-3-2-4-6-15)26-11-12-28-21(30)19-16-7-8-17(13-16)20(19)22(28)31;/h2-8,16-17,19-20H,9-14H2,1H3,(H,27,29)(H2,24,25,26);1H. The van der Waals surface area contributed by atoms with Gasteiger partial charge in [-0.05, 0) is 23.8 Å². The third-order valence-electron chi connectivity index (χ3n) is 6.39. The van der Waals surface area contributed by atoms with Crippen LogP contribution in [0.2, 0.25) is 0 Å². The lowest BCUT2D eigenvalue weighted by Gasteiger charge is -2.18. The number of allylic oxidation sites excluding steroid dienone is 2. The van der Waals surface area contributed by atoms with E-state index in [1.54, 1.807) is 7.05 Å². The molecular weight excluding hydrogens is 521 g/mol. The average molecular weight is 551 g/mol. The van der Waals surface area contributed by atoms with Gasteiger partial charge in [0, 0.05) is 39.6 Å². The van der Waals surface area contributed by atoms with Gasteiger partial charge in [-0.1, -0.05) is 42.5 Å². The van der Waals surface area contributed by atoms with Gasteiger partial charge in [-0.2, -0.15) is 0 Å². The summed E-state index contributed by atoms with van der Waals surface area (Å²) in [5.74, 6) is 0.563. The van der Waals surface area contributed by atoms with Crippen LogP contribution in [-0.2, 0) is 20.9 Å². The van der Waals surface area contributed by atoms with E-state index < -0.39 is 0 Å². The summed E-state index contributed by atoms with van der Waals surface area (Å²) >= 11 is 0. The monoisotopic (exact) mass is 551 g/mol. The lowest BCUT2D eigenvalue weighted by Crippen LogP contribution is -2.44. The number of carbonyl (C=O) groups is 3. The van der Waals surface area contributed by atoms with Crippen LogP contribution in [0.1, 0.15) is 18.4 Å². The summed E-state index contributed by atoms with van der Waals surface area (Å²) in [7, 11) is 1.64. The van der Waals surface area contributed by atoms with E-state index >= 15 is 0 Å². The predicted octanol–water partition coefficient (Wildman–Crippen LogP) is 1.28. The number of imide groups is 1. The number of nitrogens with one attached hydrogen (secondary N) is 3. The number of amides is 3. The third kappa shape index (κ3) is 5.13. The molecule has 1 aromatic rings. The van der Waals surface area contributed by atoms with Gasteiger partial charge in [0.1, 0.15) is 0 Å². The molecule has 2 bridgehead atoms. The van der Waals surface area contributed by atoms with Crippen molar-refractivity contribution in [1.82, 2.24) is 20.9 Å². The fraction of sp³-hybridized carbons (Fsp3) is 0.478. The van der Waals surface area contributed by atoms with Gasteiger partial charge in [0.15, 0.2) is 5.96 Å². The van der Waals surface area contributed by atoms with Crippen LogP contribution in [0.15, 0.2) is 47.5 Å². The second-order valence-corrected chi connectivity index (χ2v) is 8.27. The fourth-order valence-corrected chi connectivity index (χ4v) is 4.87. The number of carbonyl (C=O) groups excluding carboxylic acids is 3. The zero-order valence-electron chi connectivity index (χ0n) is 18.1. The summed E-state index contributed by atoms with van der Waals surface area (Å²) < 4.78 is 0. The number of aliphatic imine (C=N–C) groups is 1. The topological polar surface area (TPSA) is 103 Å². The molecule has 172 valence electrons. The highest BCUT2D eigenvalue weighted by Crippen LogP contribution is 2.52. The highest BCUT2D eigenvalue weighted by Gasteiger charge is 2.58. The minimum absolute atomic E-state index is 0. The van der Waals surface area contributed by atoms with Gasteiger partial charge in [0.25, 0.3) is 0 Å². The molecule has 8 nitrogen and oxygen atoms in total. The molecule has 4 unspecified atom stereocenters. The summed E-state index contributed by atoms with van der Waals surface area (Å²) in [5.41, 5.74) is 1.06. The van der Waals surface area contributed by atoms with Gasteiger partial charge >= 0.3 is 0 Å². The summed E-state index contributed by atoms with van der Waals surface area (Å²) in [6.07, 6.45) is 5.45. The molecule has 4 atom stereocenters. The number of rotatable bonds is 8. The van der Waals surface area contributed by atoms with E-state index in [1.807, 2.05) is 30.3 Å². The summed E-state index contributed by atoms with van der Waals surface area (Å²) in [6.45, 7) is 1.67. The normalized spacial score (nSPS) is 25.5. The molecule has 32 heavy (non-hydrogen) atoms. The lowest BCUT2D eigenvalue weighted by atomic mass is 9.85. The SMILES string of the molecule is CN=C(NCCC(=O)NCc1ccccc1)NCCN1C(=O)C2C3C=CC(C3)C2C1=O.I. The number of guanidine groups is 1. The third-order valence-corrected chi connectivity index (χ3v) is 6.39. The molecule has 9 heteroatoms. The van der Waals surface area contributed by atoms with E-state index in [9.17, 15) is 14.4 Å². The van der Waals surface area contributed by atoms with Crippen LogP contribution in [0.25, 0.3) is 0 Å². The van der Waals surface area contributed by atoms with Crippen molar-refractivity contribution in [2.45, 2.75) is 19.4 Å². The smallest absolute Gasteiger partial charge is 0.233 e. The number of hydrogen-bond donors (Lipinski definition) is 3. The zero-order valence-corrected chi connectivity index (χ0v) is 20.5. The molecular formula is C23H30IN5O3. The molecule has 2 fully saturated rings. The Bertz CT molecular complexity index is 874. The molecule has 4 rings (SSSR count). The van der Waals surface area contributed by atoms with E-state index in [0.29, 0.717) is 38.6 Å². The van der Waals surface area contributed by atoms with Crippen LogP contribution < -0.4 is 16.0 Å². The van der Waals surface area contributed by atoms with Crippen LogP contribution in [0.4, 0.5) is 0 Å². The lowest BCUT2D eigenvalue weighted by molar-refractivity contribution is -0.140. The second kappa shape index (κ2) is 10.9. The van der Waals surface area contributed by atoms with E-state index in [2.05, 4.69) is 33.1 Å². The Morgan fingerprint density at radius 2 is 1.62 bits per heavy atom. The largest absolute Gasteiger partial charge is 0.356 e. The van der Waals surface area contributed by atoms with Gasteiger partial charge in [-0.3, -0.25) is 24.3 Å². The second-order valence-electron chi connectivity index (χ2n) is 8.27. The Labute approximate surface area is 205 Å². The molecule has 0 radical (unpaired) electrons. The maximum absolute atomic E-state index is 12.7. The van der Waals surface area contributed by atoms with Crippen LogP contribution >= 0.6 is 24.0 Å². The van der Waals surface area contributed by atoms with Crippen molar-refractivity contribution in [2.24, 2.45) is 28.7 Å². The first-order valence-corrected chi connectivity index (χ1v) is 10.9. The summed E-state index contributed by atoms with van der Waals surface area (Å²) in [4.78, 5) is 42.9. The van der Waals surface area contributed by atoms with Crippen molar-refractivity contribution in [3.05, 3.63) is 48.0 Å². The van der Waals surface area contributed by atoms with Gasteiger partial charge in [0.2, 0.25) is 17.7 Å². The highest BCUT2D eigenvalue weighted by molar-refractivity contribution is 14.0. The number of likely N-dealkylation sites (tertiary alicyclic amines) is 1. The molecule has 3 N–H and O–H groups in total.